The zero-order valence-electron chi connectivity index (χ0n) is 18.4. The predicted octanol–water partition coefficient (Wildman–Crippen LogP) is 3.10. The number of amides is 2. The summed E-state index contributed by atoms with van der Waals surface area (Å²) in [5, 5.41) is 4.54. The second-order valence-corrected chi connectivity index (χ2v) is 8.74. The molecule has 0 spiro atoms. The molecule has 172 valence electrons. The van der Waals surface area contributed by atoms with Crippen molar-refractivity contribution in [2.75, 3.05) is 39.4 Å². The van der Waals surface area contributed by atoms with Crippen LogP contribution in [0.25, 0.3) is 0 Å². The van der Waals surface area contributed by atoms with Crippen molar-refractivity contribution in [2.24, 2.45) is 5.92 Å². The van der Waals surface area contributed by atoms with Gasteiger partial charge in [0.15, 0.2) is 0 Å². The van der Waals surface area contributed by atoms with Crippen LogP contribution in [0.15, 0.2) is 28.8 Å². The van der Waals surface area contributed by atoms with Gasteiger partial charge < -0.3 is 23.8 Å². The first-order chi connectivity index (χ1) is 15.4. The van der Waals surface area contributed by atoms with E-state index in [1.807, 2.05) is 17.0 Å². The molecule has 2 saturated heterocycles. The number of morpholine rings is 1. The first-order valence-corrected chi connectivity index (χ1v) is 11.3. The van der Waals surface area contributed by atoms with Crippen molar-refractivity contribution < 1.29 is 23.6 Å². The average Bonchev–Trinajstić information content (AvgIpc) is 3.14. The Bertz CT molecular complexity index is 936. The Labute approximate surface area is 192 Å². The van der Waals surface area contributed by atoms with Crippen molar-refractivity contribution in [2.45, 2.75) is 32.8 Å². The number of hydrogen-bond donors (Lipinski definition) is 0. The predicted molar refractivity (Wildman–Crippen MR) is 118 cm³/mol. The first-order valence-electron chi connectivity index (χ1n) is 10.9. The van der Waals surface area contributed by atoms with Crippen molar-refractivity contribution >= 4 is 23.4 Å². The maximum absolute atomic E-state index is 13.2. The monoisotopic (exact) mass is 461 g/mol. The lowest BCUT2D eigenvalue weighted by molar-refractivity contribution is -0.137. The number of hydrogen-bond acceptors (Lipinski definition) is 6. The molecule has 0 aliphatic carbocycles. The van der Waals surface area contributed by atoms with Gasteiger partial charge in [-0.3, -0.25) is 9.59 Å². The van der Waals surface area contributed by atoms with Crippen LogP contribution >= 0.6 is 11.6 Å². The highest BCUT2D eigenvalue weighted by atomic mass is 35.5. The largest absolute Gasteiger partial charge is 0.490 e. The second kappa shape index (κ2) is 9.92. The average molecular weight is 462 g/mol. The van der Waals surface area contributed by atoms with E-state index in [4.69, 9.17) is 25.6 Å². The molecule has 2 fully saturated rings. The van der Waals surface area contributed by atoms with Gasteiger partial charge in [0.2, 0.25) is 5.91 Å². The molecule has 32 heavy (non-hydrogen) atoms. The van der Waals surface area contributed by atoms with Gasteiger partial charge in [-0.2, -0.15) is 0 Å². The third-order valence-corrected chi connectivity index (χ3v) is 6.35. The van der Waals surface area contributed by atoms with Crippen molar-refractivity contribution in [3.63, 3.8) is 0 Å². The highest BCUT2D eigenvalue weighted by Gasteiger charge is 2.37. The van der Waals surface area contributed by atoms with Crippen LogP contribution in [0.3, 0.4) is 0 Å². The minimum Gasteiger partial charge on any atom is -0.490 e. The van der Waals surface area contributed by atoms with Crippen LogP contribution in [0.4, 0.5) is 0 Å². The number of ether oxygens (including phenoxy) is 2. The van der Waals surface area contributed by atoms with Gasteiger partial charge >= 0.3 is 0 Å². The number of aryl methyl sites for hydroxylation is 2. The Morgan fingerprint density at radius 1 is 1.12 bits per heavy atom. The molecule has 0 N–H and O–H groups in total. The zero-order valence-corrected chi connectivity index (χ0v) is 19.1. The molecule has 2 aliphatic heterocycles. The van der Waals surface area contributed by atoms with Gasteiger partial charge in [-0.15, -0.1) is 0 Å². The van der Waals surface area contributed by atoms with Crippen molar-refractivity contribution in [3.8, 4) is 5.75 Å². The molecule has 0 bridgehead atoms. The molecule has 2 atom stereocenters. The Hall–Kier alpha value is -2.58. The summed E-state index contributed by atoms with van der Waals surface area (Å²) < 4.78 is 16.8. The highest BCUT2D eigenvalue weighted by molar-refractivity contribution is 6.30. The topological polar surface area (TPSA) is 85.1 Å². The van der Waals surface area contributed by atoms with E-state index < -0.39 is 0 Å². The molecule has 0 saturated carbocycles. The Balaban J connectivity index is 1.50. The first kappa shape index (κ1) is 22.6. The van der Waals surface area contributed by atoms with Crippen LogP contribution in [-0.4, -0.2) is 72.3 Å². The van der Waals surface area contributed by atoms with E-state index in [2.05, 4.69) is 5.16 Å². The minimum absolute atomic E-state index is 0.0645. The summed E-state index contributed by atoms with van der Waals surface area (Å²) in [6.45, 7) is 6.75. The zero-order chi connectivity index (χ0) is 22.7. The van der Waals surface area contributed by atoms with Gasteiger partial charge in [-0.1, -0.05) is 16.8 Å². The van der Waals surface area contributed by atoms with Gasteiger partial charge in [0.25, 0.3) is 5.91 Å². The molecule has 4 rings (SSSR count). The van der Waals surface area contributed by atoms with E-state index in [0.29, 0.717) is 80.0 Å². The third kappa shape index (κ3) is 5.07. The van der Waals surface area contributed by atoms with Crippen LogP contribution in [0, 0.1) is 19.8 Å². The quantitative estimate of drug-likeness (QED) is 0.680. The number of rotatable bonds is 5. The van der Waals surface area contributed by atoms with Crippen LogP contribution in [-0.2, 0) is 9.53 Å². The van der Waals surface area contributed by atoms with E-state index in [0.717, 1.165) is 0 Å². The van der Waals surface area contributed by atoms with Gasteiger partial charge in [0.1, 0.15) is 23.2 Å². The van der Waals surface area contributed by atoms with Crippen LogP contribution < -0.4 is 4.74 Å². The fourth-order valence-corrected chi connectivity index (χ4v) is 4.47. The van der Waals surface area contributed by atoms with Gasteiger partial charge in [0, 0.05) is 50.0 Å². The van der Waals surface area contributed by atoms with E-state index in [9.17, 15) is 9.59 Å². The van der Waals surface area contributed by atoms with E-state index >= 15 is 0 Å². The molecule has 8 nitrogen and oxygen atoms in total. The second-order valence-electron chi connectivity index (χ2n) is 8.31. The van der Waals surface area contributed by atoms with Gasteiger partial charge in [-0.25, -0.2) is 0 Å². The molecule has 1 aromatic carbocycles. The number of carbonyl (C=O) groups is 2. The van der Waals surface area contributed by atoms with Crippen molar-refractivity contribution in [3.05, 3.63) is 46.3 Å². The molecule has 9 heteroatoms. The number of likely N-dealkylation sites (tertiary alicyclic amines) is 1. The lowest BCUT2D eigenvalue weighted by atomic mass is 9.90. The molecule has 2 aromatic rings. The van der Waals surface area contributed by atoms with E-state index in [-0.39, 0.29) is 23.8 Å². The minimum atomic E-state index is -0.185. The Kier molecular flexibility index (Phi) is 7.01. The van der Waals surface area contributed by atoms with Crippen LogP contribution in [0.1, 0.15) is 34.7 Å². The summed E-state index contributed by atoms with van der Waals surface area (Å²) in [7, 11) is 0. The number of halogens is 1. The van der Waals surface area contributed by atoms with Gasteiger partial charge in [-0.05, 0) is 38.1 Å². The fourth-order valence-electron chi connectivity index (χ4n) is 4.35. The number of aromatic nitrogens is 1. The molecule has 2 amide bonds. The van der Waals surface area contributed by atoms with Crippen LogP contribution in [0.5, 0.6) is 5.75 Å². The van der Waals surface area contributed by atoms with Crippen molar-refractivity contribution in [1.29, 1.82) is 0 Å². The van der Waals surface area contributed by atoms with E-state index in [1.165, 1.54) is 0 Å². The summed E-state index contributed by atoms with van der Waals surface area (Å²) in [5.74, 6) is 1.02. The Morgan fingerprint density at radius 3 is 2.50 bits per heavy atom. The van der Waals surface area contributed by atoms with Crippen molar-refractivity contribution in [1.82, 2.24) is 15.0 Å². The normalized spacial score (nSPS) is 21.5. The highest BCUT2D eigenvalue weighted by Crippen LogP contribution is 2.29. The Morgan fingerprint density at radius 2 is 1.84 bits per heavy atom. The summed E-state index contributed by atoms with van der Waals surface area (Å²) in [6.07, 6.45) is 0.748. The number of carbonyl (C=O) groups excluding carboxylic acids is 2. The molecular formula is C23H28ClN3O5. The number of piperidine rings is 1. The van der Waals surface area contributed by atoms with Gasteiger partial charge in [0.05, 0.1) is 18.9 Å². The number of nitrogens with zero attached hydrogens (tertiary/aromatic N) is 3. The van der Waals surface area contributed by atoms with Crippen LogP contribution in [0.2, 0.25) is 5.02 Å². The lowest BCUT2D eigenvalue weighted by Gasteiger charge is -2.39. The molecule has 1 aromatic heterocycles. The summed E-state index contributed by atoms with van der Waals surface area (Å²) in [5.41, 5.74) is 1.08. The smallest absolute Gasteiger partial charge is 0.259 e. The molecule has 2 aliphatic rings. The fraction of sp³-hybridized carbons (Fsp3) is 0.522. The lowest BCUT2D eigenvalue weighted by Crippen LogP contribution is -2.50. The summed E-state index contributed by atoms with van der Waals surface area (Å²) in [4.78, 5) is 29.8. The SMILES string of the molecule is Cc1noc(C)c1C(=O)N1CC[C@H](Oc2ccc(Cl)cc2)[C@@H](CC(=O)N2CCOCC2)C1. The third-order valence-electron chi connectivity index (χ3n) is 6.10. The summed E-state index contributed by atoms with van der Waals surface area (Å²) in [6, 6.07) is 7.21. The molecule has 0 unspecified atom stereocenters. The maximum Gasteiger partial charge on any atom is 0.259 e. The molecular weight excluding hydrogens is 434 g/mol. The molecule has 0 radical (unpaired) electrons. The van der Waals surface area contributed by atoms with E-state index in [1.54, 1.807) is 30.9 Å². The molecule has 3 heterocycles. The number of benzene rings is 1. The maximum atomic E-state index is 13.2. The summed E-state index contributed by atoms with van der Waals surface area (Å²) >= 11 is 5.99. The standard InChI is InChI=1S/C23H28ClN3O5/c1-15-22(16(2)32-25-15)23(29)27-8-7-20(31-19-5-3-18(24)4-6-19)17(14-27)13-21(28)26-9-11-30-12-10-26/h3-6,17,20H,7-14H2,1-2H3/t17-,20-/m0/s1.